The summed E-state index contributed by atoms with van der Waals surface area (Å²) in [6.45, 7) is 9.11. The number of nitrogens with zero attached hydrogens (tertiary/aromatic N) is 4. The molecule has 0 saturated carbocycles. The Labute approximate surface area is 122 Å². The molecule has 0 unspecified atom stereocenters. The predicted octanol–water partition coefficient (Wildman–Crippen LogP) is 1.99. The van der Waals surface area contributed by atoms with Gasteiger partial charge in [0.1, 0.15) is 5.82 Å². The lowest BCUT2D eigenvalue weighted by atomic mass is 10.0. The third kappa shape index (κ3) is 2.67. The van der Waals surface area contributed by atoms with E-state index in [1.807, 2.05) is 6.20 Å². The molecule has 20 heavy (non-hydrogen) atoms. The third-order valence-corrected chi connectivity index (χ3v) is 4.75. The first kappa shape index (κ1) is 13.8. The minimum Gasteiger partial charge on any atom is -0.354 e. The second kappa shape index (κ2) is 6.10. The number of likely N-dealkylation sites (N-methyl/N-ethyl adjacent to an activating group) is 1. The van der Waals surface area contributed by atoms with Crippen LogP contribution in [0, 0.1) is 0 Å². The van der Waals surface area contributed by atoms with Crippen LogP contribution in [0.4, 0.5) is 5.82 Å². The topological polar surface area (TPSA) is 22.6 Å². The van der Waals surface area contributed by atoms with Crippen molar-refractivity contribution in [3.05, 3.63) is 23.9 Å². The molecule has 1 atom stereocenters. The summed E-state index contributed by atoms with van der Waals surface area (Å²) in [5.74, 6) is 1.23. The molecule has 0 spiro atoms. The van der Waals surface area contributed by atoms with Crippen LogP contribution in [0.5, 0.6) is 0 Å². The van der Waals surface area contributed by atoms with E-state index in [-0.39, 0.29) is 0 Å². The quantitative estimate of drug-likeness (QED) is 0.840. The number of hydrogen-bond acceptors (Lipinski definition) is 4. The van der Waals surface area contributed by atoms with Gasteiger partial charge in [-0.2, -0.15) is 0 Å². The van der Waals surface area contributed by atoms with E-state index in [1.54, 1.807) is 0 Å². The molecule has 3 rings (SSSR count). The highest BCUT2D eigenvalue weighted by molar-refractivity contribution is 5.49. The van der Waals surface area contributed by atoms with Gasteiger partial charge in [0.05, 0.1) is 0 Å². The van der Waals surface area contributed by atoms with E-state index in [0.717, 1.165) is 32.7 Å². The number of rotatable bonds is 3. The number of hydrogen-bond donors (Lipinski definition) is 0. The van der Waals surface area contributed by atoms with Crippen molar-refractivity contribution in [1.29, 1.82) is 0 Å². The maximum Gasteiger partial charge on any atom is 0.133 e. The number of aromatic nitrogens is 1. The molecule has 1 aromatic heterocycles. The Bertz CT molecular complexity index is 440. The van der Waals surface area contributed by atoms with Gasteiger partial charge in [0.2, 0.25) is 0 Å². The van der Waals surface area contributed by atoms with Gasteiger partial charge in [-0.3, -0.25) is 4.90 Å². The fourth-order valence-corrected chi connectivity index (χ4v) is 3.51. The van der Waals surface area contributed by atoms with E-state index >= 15 is 0 Å². The van der Waals surface area contributed by atoms with Crippen LogP contribution in [-0.2, 0) is 0 Å². The molecule has 2 aliphatic heterocycles. The average Bonchev–Trinajstić information content (AvgIpc) is 2.96. The summed E-state index contributed by atoms with van der Waals surface area (Å²) in [4.78, 5) is 12.2. The molecule has 0 radical (unpaired) electrons. The zero-order valence-electron chi connectivity index (χ0n) is 12.8. The number of piperazine rings is 1. The summed E-state index contributed by atoms with van der Waals surface area (Å²) in [6, 6.07) is 4.96. The number of pyridine rings is 1. The summed E-state index contributed by atoms with van der Waals surface area (Å²) in [5, 5.41) is 0. The van der Waals surface area contributed by atoms with Gasteiger partial charge in [-0.15, -0.1) is 0 Å². The van der Waals surface area contributed by atoms with Crippen molar-refractivity contribution in [2.24, 2.45) is 0 Å². The molecule has 0 N–H and O–H groups in total. The van der Waals surface area contributed by atoms with Crippen molar-refractivity contribution in [3.63, 3.8) is 0 Å². The molecule has 4 nitrogen and oxygen atoms in total. The van der Waals surface area contributed by atoms with E-state index in [4.69, 9.17) is 4.98 Å². The van der Waals surface area contributed by atoms with Crippen molar-refractivity contribution in [1.82, 2.24) is 14.8 Å². The first-order valence-corrected chi connectivity index (χ1v) is 7.92. The zero-order chi connectivity index (χ0) is 13.9. The van der Waals surface area contributed by atoms with Crippen LogP contribution in [0.3, 0.4) is 0 Å². The van der Waals surface area contributed by atoms with Gasteiger partial charge in [-0.25, -0.2) is 4.98 Å². The second-order valence-corrected chi connectivity index (χ2v) is 5.99. The number of likely N-dealkylation sites (tertiary alicyclic amines) is 1. The average molecular weight is 274 g/mol. The van der Waals surface area contributed by atoms with Crippen LogP contribution in [0.1, 0.15) is 31.4 Å². The molecule has 0 aliphatic carbocycles. The van der Waals surface area contributed by atoms with E-state index in [9.17, 15) is 0 Å². The highest BCUT2D eigenvalue weighted by Crippen LogP contribution is 2.36. The molecule has 0 aromatic carbocycles. The standard InChI is InChI=1S/C16H26N4/c1-3-19-9-5-7-15(19)14-6-4-8-17-16(14)20-12-10-18(2)11-13-20/h4,6,8,15H,3,5,7,9-13H2,1-2H3/t15-/m1/s1. The molecular formula is C16H26N4. The van der Waals surface area contributed by atoms with Crippen LogP contribution in [0.15, 0.2) is 18.3 Å². The highest BCUT2D eigenvalue weighted by atomic mass is 15.3. The van der Waals surface area contributed by atoms with Crippen LogP contribution in [-0.4, -0.2) is 61.1 Å². The fourth-order valence-electron chi connectivity index (χ4n) is 3.51. The Balaban J connectivity index is 1.84. The lowest BCUT2D eigenvalue weighted by Crippen LogP contribution is -2.45. The van der Waals surface area contributed by atoms with Crippen LogP contribution < -0.4 is 4.90 Å². The molecule has 1 aromatic rings. The summed E-state index contributed by atoms with van der Waals surface area (Å²) >= 11 is 0. The molecular weight excluding hydrogens is 248 g/mol. The molecule has 2 fully saturated rings. The summed E-state index contributed by atoms with van der Waals surface area (Å²) in [6.07, 6.45) is 4.54. The van der Waals surface area contributed by atoms with Crippen molar-refractivity contribution in [2.45, 2.75) is 25.8 Å². The predicted molar refractivity (Wildman–Crippen MR) is 83.2 cm³/mol. The van der Waals surface area contributed by atoms with Crippen LogP contribution in [0.2, 0.25) is 0 Å². The Hall–Kier alpha value is -1.13. The first-order valence-electron chi connectivity index (χ1n) is 7.92. The summed E-state index contributed by atoms with van der Waals surface area (Å²) < 4.78 is 0. The zero-order valence-corrected chi connectivity index (χ0v) is 12.8. The molecule has 2 aliphatic rings. The molecule has 4 heteroatoms. The summed E-state index contributed by atoms with van der Waals surface area (Å²) in [7, 11) is 2.20. The highest BCUT2D eigenvalue weighted by Gasteiger charge is 2.29. The SMILES string of the molecule is CCN1CCC[C@@H]1c1cccnc1N1CCN(C)CC1. The van der Waals surface area contributed by atoms with Gasteiger partial charge >= 0.3 is 0 Å². The van der Waals surface area contributed by atoms with Gasteiger partial charge in [0.15, 0.2) is 0 Å². The lowest BCUT2D eigenvalue weighted by Gasteiger charge is -2.35. The minimum atomic E-state index is 0.573. The second-order valence-electron chi connectivity index (χ2n) is 5.99. The minimum absolute atomic E-state index is 0.573. The van der Waals surface area contributed by atoms with Crippen molar-refractivity contribution in [3.8, 4) is 0 Å². The maximum absolute atomic E-state index is 4.72. The molecule has 0 amide bonds. The van der Waals surface area contributed by atoms with Gasteiger partial charge in [-0.05, 0) is 39.0 Å². The van der Waals surface area contributed by atoms with E-state index in [0.29, 0.717) is 6.04 Å². The van der Waals surface area contributed by atoms with Crippen molar-refractivity contribution in [2.75, 3.05) is 51.2 Å². The monoisotopic (exact) mass is 274 g/mol. The van der Waals surface area contributed by atoms with Crippen LogP contribution >= 0.6 is 0 Å². The van der Waals surface area contributed by atoms with Gasteiger partial charge < -0.3 is 9.80 Å². The Morgan fingerprint density at radius 1 is 1.20 bits per heavy atom. The molecule has 110 valence electrons. The normalized spacial score (nSPS) is 25.3. The Morgan fingerprint density at radius 2 is 2.00 bits per heavy atom. The molecule has 3 heterocycles. The molecule has 2 saturated heterocycles. The van der Waals surface area contributed by atoms with Gasteiger partial charge in [-0.1, -0.05) is 13.0 Å². The lowest BCUT2D eigenvalue weighted by molar-refractivity contribution is 0.270. The third-order valence-electron chi connectivity index (χ3n) is 4.75. The van der Waals surface area contributed by atoms with Gasteiger partial charge in [0.25, 0.3) is 0 Å². The first-order chi connectivity index (χ1) is 9.79. The Morgan fingerprint density at radius 3 is 2.75 bits per heavy atom. The fraction of sp³-hybridized carbons (Fsp3) is 0.688. The Kier molecular flexibility index (Phi) is 4.22. The van der Waals surface area contributed by atoms with Gasteiger partial charge in [0, 0.05) is 44.0 Å². The largest absolute Gasteiger partial charge is 0.354 e. The van der Waals surface area contributed by atoms with Crippen molar-refractivity contribution >= 4 is 5.82 Å². The van der Waals surface area contributed by atoms with E-state index in [1.165, 1.54) is 30.8 Å². The van der Waals surface area contributed by atoms with Crippen LogP contribution in [0.25, 0.3) is 0 Å². The maximum atomic E-state index is 4.72. The number of anilines is 1. The summed E-state index contributed by atoms with van der Waals surface area (Å²) in [5.41, 5.74) is 1.44. The van der Waals surface area contributed by atoms with Crippen molar-refractivity contribution < 1.29 is 0 Å². The molecule has 0 bridgehead atoms. The van der Waals surface area contributed by atoms with E-state index in [2.05, 4.69) is 40.8 Å². The van der Waals surface area contributed by atoms with E-state index < -0.39 is 0 Å². The smallest absolute Gasteiger partial charge is 0.133 e.